The first kappa shape index (κ1) is 18.2. The summed E-state index contributed by atoms with van der Waals surface area (Å²) in [6.07, 6.45) is -1.45. The third-order valence-electron chi connectivity index (χ3n) is 4.55. The van der Waals surface area contributed by atoms with Gasteiger partial charge in [-0.2, -0.15) is 0 Å². The van der Waals surface area contributed by atoms with Gasteiger partial charge in [-0.05, 0) is 18.2 Å². The Bertz CT molecular complexity index is 891. The summed E-state index contributed by atoms with van der Waals surface area (Å²) >= 11 is 0. The van der Waals surface area contributed by atoms with Crippen LogP contribution >= 0.6 is 0 Å². The molecule has 0 unspecified atom stereocenters. The van der Waals surface area contributed by atoms with Gasteiger partial charge in [0.2, 0.25) is 0 Å². The normalized spacial score (nSPS) is 15.2. The average molecular weight is 368 g/mol. The second kappa shape index (κ2) is 7.36. The molecule has 2 atom stereocenters. The molecule has 0 saturated heterocycles. The van der Waals surface area contributed by atoms with E-state index in [0.717, 1.165) is 0 Å². The minimum atomic E-state index is -1.74. The van der Waals surface area contributed by atoms with Crippen LogP contribution in [0.25, 0.3) is 0 Å². The van der Waals surface area contributed by atoms with Crippen molar-refractivity contribution in [3.8, 4) is 5.75 Å². The number of hydrogen-bond donors (Lipinski definition) is 0. The molecule has 0 saturated carbocycles. The molecule has 0 radical (unpaired) electrons. The van der Waals surface area contributed by atoms with E-state index >= 15 is 0 Å². The molecule has 3 rings (SSSR count). The van der Waals surface area contributed by atoms with Crippen molar-refractivity contribution < 1.29 is 24.0 Å². The van der Waals surface area contributed by atoms with E-state index in [9.17, 15) is 24.5 Å². The van der Waals surface area contributed by atoms with Crippen LogP contribution in [0.15, 0.2) is 48.5 Å². The van der Waals surface area contributed by atoms with Crippen molar-refractivity contribution in [2.24, 2.45) is 0 Å². The van der Waals surface area contributed by atoms with Gasteiger partial charge < -0.3 is 9.53 Å². The standard InChI is InChI=1S/C19H16N2O6/c1-27-16-9-5-4-6-12(16)13(10-11-22)17(21(25)26)20-18(23)14-7-2-3-8-15(14)19(20)24/h2-9,11,13,17H,10H2,1H3/t13-,17-/m0/s1. The Labute approximate surface area is 154 Å². The van der Waals surface area contributed by atoms with Crippen molar-refractivity contribution in [1.82, 2.24) is 4.90 Å². The number of aldehydes is 1. The van der Waals surface area contributed by atoms with Crippen LogP contribution in [0.1, 0.15) is 38.6 Å². The maximum absolute atomic E-state index is 12.7. The molecule has 2 amide bonds. The summed E-state index contributed by atoms with van der Waals surface area (Å²) < 4.78 is 5.25. The number of imide groups is 1. The lowest BCUT2D eigenvalue weighted by molar-refractivity contribution is -0.545. The van der Waals surface area contributed by atoms with Gasteiger partial charge in [0, 0.05) is 16.9 Å². The second-order valence-electron chi connectivity index (χ2n) is 5.98. The van der Waals surface area contributed by atoms with Gasteiger partial charge in [0.25, 0.3) is 11.8 Å². The SMILES string of the molecule is COc1ccccc1[C@H](CC=O)[C@@H](N1C(=O)c2ccccc2C1=O)[N+](=O)[O-]. The molecule has 0 fully saturated rings. The molecule has 2 aromatic carbocycles. The molecule has 0 aliphatic carbocycles. The topological polar surface area (TPSA) is 107 Å². The van der Waals surface area contributed by atoms with Gasteiger partial charge >= 0.3 is 6.17 Å². The number of nitrogens with zero attached hydrogens (tertiary/aromatic N) is 2. The van der Waals surface area contributed by atoms with Crippen molar-refractivity contribution in [3.05, 3.63) is 75.3 Å². The van der Waals surface area contributed by atoms with Crippen LogP contribution in [0, 0.1) is 10.1 Å². The van der Waals surface area contributed by atoms with Crippen molar-refractivity contribution in [2.45, 2.75) is 18.5 Å². The number of ether oxygens (including phenoxy) is 1. The van der Waals surface area contributed by atoms with Crippen molar-refractivity contribution in [2.75, 3.05) is 7.11 Å². The Hall–Kier alpha value is -3.55. The summed E-state index contributed by atoms with van der Waals surface area (Å²) in [5.41, 5.74) is 0.601. The quantitative estimate of drug-likeness (QED) is 0.321. The molecule has 27 heavy (non-hydrogen) atoms. The number of carbonyl (C=O) groups excluding carboxylic acids is 3. The Morgan fingerprint density at radius 3 is 2.15 bits per heavy atom. The first-order chi connectivity index (χ1) is 13.0. The molecule has 0 spiro atoms. The molecule has 0 bridgehead atoms. The fraction of sp³-hybridized carbons (Fsp3) is 0.211. The molecule has 0 aromatic heterocycles. The predicted octanol–water partition coefficient (Wildman–Crippen LogP) is 2.27. The van der Waals surface area contributed by atoms with Gasteiger partial charge in [-0.15, -0.1) is 0 Å². The third kappa shape index (κ3) is 3.05. The van der Waals surface area contributed by atoms with E-state index in [1.54, 1.807) is 36.4 Å². The fourth-order valence-corrected chi connectivity index (χ4v) is 3.35. The second-order valence-corrected chi connectivity index (χ2v) is 5.98. The first-order valence-corrected chi connectivity index (χ1v) is 8.18. The number of nitro groups is 1. The maximum atomic E-state index is 12.7. The molecule has 1 heterocycles. The highest BCUT2D eigenvalue weighted by Gasteiger charge is 2.49. The Morgan fingerprint density at radius 1 is 1.07 bits per heavy atom. The summed E-state index contributed by atoms with van der Waals surface area (Å²) in [7, 11) is 1.40. The van der Waals surface area contributed by atoms with Crippen molar-refractivity contribution in [3.63, 3.8) is 0 Å². The largest absolute Gasteiger partial charge is 0.496 e. The van der Waals surface area contributed by atoms with Gasteiger partial charge in [0.05, 0.1) is 24.2 Å². The summed E-state index contributed by atoms with van der Waals surface area (Å²) in [6, 6.07) is 12.6. The van der Waals surface area contributed by atoms with Crippen LogP contribution in [0.5, 0.6) is 5.75 Å². The Balaban J connectivity index is 2.11. The lowest BCUT2D eigenvalue weighted by atomic mass is 9.91. The summed E-state index contributed by atoms with van der Waals surface area (Å²) in [4.78, 5) is 48.6. The smallest absolute Gasteiger partial charge is 0.303 e. The average Bonchev–Trinajstić information content (AvgIpc) is 2.93. The molecular formula is C19H16N2O6. The molecular weight excluding hydrogens is 352 g/mol. The van der Waals surface area contributed by atoms with E-state index < -0.39 is 28.8 Å². The number of rotatable bonds is 7. The maximum Gasteiger partial charge on any atom is 0.303 e. The van der Waals surface area contributed by atoms with Gasteiger partial charge in [0.15, 0.2) is 0 Å². The molecule has 1 aliphatic heterocycles. The Kier molecular flexibility index (Phi) is 4.98. The van der Waals surface area contributed by atoms with Gasteiger partial charge in [-0.25, -0.2) is 4.90 Å². The summed E-state index contributed by atoms with van der Waals surface area (Å²) in [5, 5.41) is 11.9. The number of hydrogen-bond acceptors (Lipinski definition) is 6. The number of carbonyl (C=O) groups is 3. The van der Waals surface area contributed by atoms with E-state index in [4.69, 9.17) is 4.74 Å². The fourth-order valence-electron chi connectivity index (χ4n) is 3.35. The zero-order valence-electron chi connectivity index (χ0n) is 14.4. The number of amides is 2. The molecule has 8 heteroatoms. The van der Waals surface area contributed by atoms with E-state index in [1.807, 2.05) is 0 Å². The van der Waals surface area contributed by atoms with E-state index in [2.05, 4.69) is 0 Å². The van der Waals surface area contributed by atoms with E-state index in [0.29, 0.717) is 22.5 Å². The zero-order valence-corrected chi connectivity index (χ0v) is 14.4. The van der Waals surface area contributed by atoms with Crippen LogP contribution in [-0.4, -0.2) is 41.2 Å². The van der Waals surface area contributed by atoms with E-state index in [-0.39, 0.29) is 17.5 Å². The number of methoxy groups -OCH3 is 1. The van der Waals surface area contributed by atoms with Gasteiger partial charge in [0.1, 0.15) is 12.0 Å². The van der Waals surface area contributed by atoms with Gasteiger partial charge in [-0.1, -0.05) is 30.3 Å². The lowest BCUT2D eigenvalue weighted by Crippen LogP contribution is -2.48. The molecule has 8 nitrogen and oxygen atoms in total. The lowest BCUT2D eigenvalue weighted by Gasteiger charge is -2.26. The highest BCUT2D eigenvalue weighted by atomic mass is 16.6. The minimum Gasteiger partial charge on any atom is -0.496 e. The summed E-state index contributed by atoms with van der Waals surface area (Å²) in [5.74, 6) is -2.20. The first-order valence-electron chi connectivity index (χ1n) is 8.18. The van der Waals surface area contributed by atoms with E-state index in [1.165, 1.54) is 19.2 Å². The highest BCUT2D eigenvalue weighted by Crippen LogP contribution is 2.36. The minimum absolute atomic E-state index is 0.110. The van der Waals surface area contributed by atoms with Crippen molar-refractivity contribution in [1.29, 1.82) is 0 Å². The molecule has 2 aromatic rings. The Morgan fingerprint density at radius 2 is 1.63 bits per heavy atom. The van der Waals surface area contributed by atoms with Crippen LogP contribution in [0.3, 0.4) is 0 Å². The van der Waals surface area contributed by atoms with Crippen molar-refractivity contribution >= 4 is 18.1 Å². The highest BCUT2D eigenvalue weighted by molar-refractivity contribution is 6.21. The van der Waals surface area contributed by atoms with Crippen LogP contribution < -0.4 is 4.74 Å². The summed E-state index contributed by atoms with van der Waals surface area (Å²) in [6.45, 7) is 0. The van der Waals surface area contributed by atoms with Gasteiger partial charge in [-0.3, -0.25) is 19.7 Å². The molecule has 1 aliphatic rings. The molecule has 0 N–H and O–H groups in total. The van der Waals surface area contributed by atoms with Crippen LogP contribution in [0.2, 0.25) is 0 Å². The monoisotopic (exact) mass is 368 g/mol. The van der Waals surface area contributed by atoms with Crippen LogP contribution in [0.4, 0.5) is 0 Å². The number of benzene rings is 2. The number of para-hydroxylation sites is 1. The predicted molar refractivity (Wildman–Crippen MR) is 94.1 cm³/mol. The zero-order chi connectivity index (χ0) is 19.6. The number of fused-ring (bicyclic) bond motifs is 1. The van der Waals surface area contributed by atoms with Crippen LogP contribution in [-0.2, 0) is 4.79 Å². The third-order valence-corrected chi connectivity index (χ3v) is 4.55. The molecule has 138 valence electrons.